The van der Waals surface area contributed by atoms with E-state index in [2.05, 4.69) is 10.1 Å². The Labute approximate surface area is 143 Å². The lowest BCUT2D eigenvalue weighted by Crippen LogP contribution is -2.34. The molecule has 0 unspecified atom stereocenters. The second-order valence-electron chi connectivity index (χ2n) is 6.26. The quantitative estimate of drug-likeness (QED) is 0.664. The zero-order valence-electron chi connectivity index (χ0n) is 13.6. The highest BCUT2D eigenvalue weighted by Crippen LogP contribution is 2.48. The van der Waals surface area contributed by atoms with E-state index in [1.165, 1.54) is 24.3 Å². The molecule has 0 aromatic heterocycles. The predicted molar refractivity (Wildman–Crippen MR) is 83.0 cm³/mol. The second-order valence-corrected chi connectivity index (χ2v) is 6.26. The minimum absolute atomic E-state index is 0.0767. The first kappa shape index (κ1) is 19.1. The van der Waals surface area contributed by atoms with Crippen LogP contribution in [0.1, 0.15) is 37.7 Å². The van der Waals surface area contributed by atoms with Crippen molar-refractivity contribution in [2.75, 3.05) is 6.54 Å². The Hall–Kier alpha value is -2.25. The number of amides is 1. The largest absolute Gasteiger partial charge is 0.573 e. The molecule has 138 valence electrons. The molecule has 1 aliphatic carbocycles. The zero-order chi connectivity index (χ0) is 18.5. The standard InChI is InChI=1S/C17H20F3NO4/c18-17(19,20)25-13-6-4-12(5-7-13)11-16(8-9-16)15(24)21-10-2-1-3-14(22)23/h4-7H,1-3,8-11H2,(H,21,24)(H,22,23). The third kappa shape index (κ3) is 6.28. The molecule has 0 aliphatic heterocycles. The number of benzene rings is 1. The Morgan fingerprint density at radius 1 is 1.16 bits per heavy atom. The molecule has 2 N–H and O–H groups in total. The minimum atomic E-state index is -4.72. The van der Waals surface area contributed by atoms with Gasteiger partial charge in [-0.2, -0.15) is 0 Å². The number of hydrogen-bond donors (Lipinski definition) is 2. The number of rotatable bonds is 9. The van der Waals surface area contributed by atoms with E-state index in [0.29, 0.717) is 25.8 Å². The van der Waals surface area contributed by atoms with Crippen molar-refractivity contribution in [2.45, 2.75) is 44.9 Å². The van der Waals surface area contributed by atoms with Crippen LogP contribution in [0.2, 0.25) is 0 Å². The third-order valence-corrected chi connectivity index (χ3v) is 4.14. The maximum absolute atomic E-state index is 12.3. The summed E-state index contributed by atoms with van der Waals surface area (Å²) in [5.41, 5.74) is 0.271. The Morgan fingerprint density at radius 2 is 1.80 bits per heavy atom. The van der Waals surface area contributed by atoms with Gasteiger partial charge in [0.1, 0.15) is 5.75 Å². The van der Waals surface area contributed by atoms with Crippen molar-refractivity contribution in [3.05, 3.63) is 29.8 Å². The molecule has 1 saturated carbocycles. The van der Waals surface area contributed by atoms with Gasteiger partial charge in [-0.05, 0) is 49.8 Å². The van der Waals surface area contributed by atoms with Crippen LogP contribution in [0.3, 0.4) is 0 Å². The van der Waals surface area contributed by atoms with Crippen LogP contribution in [0.25, 0.3) is 0 Å². The van der Waals surface area contributed by atoms with E-state index in [9.17, 15) is 22.8 Å². The summed E-state index contributed by atoms with van der Waals surface area (Å²) in [5.74, 6) is -1.23. The van der Waals surface area contributed by atoms with Crippen LogP contribution < -0.4 is 10.1 Å². The summed E-state index contributed by atoms with van der Waals surface area (Å²) in [6, 6.07) is 5.54. The van der Waals surface area contributed by atoms with Crippen molar-refractivity contribution in [3.63, 3.8) is 0 Å². The van der Waals surface area contributed by atoms with Crippen LogP contribution in [0.5, 0.6) is 5.75 Å². The summed E-state index contributed by atoms with van der Waals surface area (Å²) >= 11 is 0. The summed E-state index contributed by atoms with van der Waals surface area (Å²) in [4.78, 5) is 22.7. The van der Waals surface area contributed by atoms with Crippen molar-refractivity contribution in [1.29, 1.82) is 0 Å². The van der Waals surface area contributed by atoms with Crippen LogP contribution in [-0.2, 0) is 16.0 Å². The summed E-state index contributed by atoms with van der Waals surface area (Å²) in [6.07, 6.45) is -1.63. The van der Waals surface area contributed by atoms with Crippen LogP contribution in [-0.4, -0.2) is 29.9 Å². The molecule has 1 aliphatic rings. The lowest BCUT2D eigenvalue weighted by Gasteiger charge is -2.16. The second kappa shape index (κ2) is 7.76. The highest BCUT2D eigenvalue weighted by molar-refractivity contribution is 5.85. The molecule has 1 aromatic rings. The van der Waals surface area contributed by atoms with Gasteiger partial charge < -0.3 is 15.2 Å². The van der Waals surface area contributed by atoms with Crippen molar-refractivity contribution < 1.29 is 32.6 Å². The third-order valence-electron chi connectivity index (χ3n) is 4.14. The molecule has 5 nitrogen and oxygen atoms in total. The van der Waals surface area contributed by atoms with Gasteiger partial charge in [0.25, 0.3) is 0 Å². The van der Waals surface area contributed by atoms with Crippen molar-refractivity contribution in [2.24, 2.45) is 5.41 Å². The van der Waals surface area contributed by atoms with Crippen LogP contribution in [0.4, 0.5) is 13.2 Å². The Morgan fingerprint density at radius 3 is 2.32 bits per heavy atom. The SMILES string of the molecule is O=C(O)CCCCNC(=O)C1(Cc2ccc(OC(F)(F)F)cc2)CC1. The Bertz CT molecular complexity index is 609. The summed E-state index contributed by atoms with van der Waals surface area (Å²) in [7, 11) is 0. The average Bonchev–Trinajstić information content (AvgIpc) is 3.28. The molecule has 25 heavy (non-hydrogen) atoms. The molecule has 0 saturated heterocycles. The van der Waals surface area contributed by atoms with E-state index in [0.717, 1.165) is 18.4 Å². The number of carboxylic acids is 1. The number of alkyl halides is 3. The zero-order valence-corrected chi connectivity index (χ0v) is 13.6. The van der Waals surface area contributed by atoms with Crippen LogP contribution in [0, 0.1) is 5.41 Å². The van der Waals surface area contributed by atoms with Gasteiger partial charge in [-0.25, -0.2) is 0 Å². The number of nitrogens with one attached hydrogen (secondary N) is 1. The van der Waals surface area contributed by atoms with Gasteiger partial charge in [0.05, 0.1) is 5.41 Å². The summed E-state index contributed by atoms with van der Waals surface area (Å²) in [5, 5.41) is 11.4. The maximum Gasteiger partial charge on any atom is 0.573 e. The number of ether oxygens (including phenoxy) is 1. The lowest BCUT2D eigenvalue weighted by molar-refractivity contribution is -0.274. The van der Waals surface area contributed by atoms with Gasteiger partial charge in [-0.15, -0.1) is 13.2 Å². The number of aliphatic carboxylic acids is 1. The van der Waals surface area contributed by atoms with Crippen LogP contribution in [0.15, 0.2) is 24.3 Å². The number of carboxylic acid groups (broad SMARTS) is 1. The monoisotopic (exact) mass is 359 g/mol. The Balaban J connectivity index is 1.80. The van der Waals surface area contributed by atoms with E-state index in [1.807, 2.05) is 0 Å². The molecular formula is C17H20F3NO4. The number of unbranched alkanes of at least 4 members (excludes halogenated alkanes) is 1. The molecule has 2 rings (SSSR count). The average molecular weight is 359 g/mol. The minimum Gasteiger partial charge on any atom is -0.481 e. The molecule has 8 heteroatoms. The highest BCUT2D eigenvalue weighted by atomic mass is 19.4. The smallest absolute Gasteiger partial charge is 0.481 e. The van der Waals surface area contributed by atoms with E-state index in [1.54, 1.807) is 0 Å². The molecule has 0 spiro atoms. The number of halogens is 3. The maximum atomic E-state index is 12.3. The first-order chi connectivity index (χ1) is 11.7. The van der Waals surface area contributed by atoms with Gasteiger partial charge in [-0.1, -0.05) is 12.1 Å². The topological polar surface area (TPSA) is 75.6 Å². The van der Waals surface area contributed by atoms with Gasteiger partial charge in [0.2, 0.25) is 5.91 Å². The van der Waals surface area contributed by atoms with E-state index >= 15 is 0 Å². The van der Waals surface area contributed by atoms with Gasteiger partial charge in [-0.3, -0.25) is 9.59 Å². The molecule has 1 fully saturated rings. The van der Waals surface area contributed by atoms with Gasteiger partial charge in [0.15, 0.2) is 0 Å². The molecule has 1 amide bonds. The predicted octanol–water partition coefficient (Wildman–Crippen LogP) is 3.28. The number of hydrogen-bond acceptors (Lipinski definition) is 3. The first-order valence-corrected chi connectivity index (χ1v) is 8.05. The highest BCUT2D eigenvalue weighted by Gasteiger charge is 2.49. The normalized spacial score (nSPS) is 15.5. The summed E-state index contributed by atoms with van der Waals surface area (Å²) in [6.45, 7) is 0.423. The Kier molecular flexibility index (Phi) is 5.92. The fourth-order valence-corrected chi connectivity index (χ4v) is 2.63. The fraction of sp³-hybridized carbons (Fsp3) is 0.529. The fourth-order valence-electron chi connectivity index (χ4n) is 2.63. The molecule has 0 heterocycles. The van der Waals surface area contributed by atoms with Crippen molar-refractivity contribution in [3.8, 4) is 5.75 Å². The number of carbonyl (C=O) groups excluding carboxylic acids is 1. The van der Waals surface area contributed by atoms with E-state index in [4.69, 9.17) is 5.11 Å². The molecule has 0 bridgehead atoms. The molecular weight excluding hydrogens is 339 g/mol. The van der Waals surface area contributed by atoms with Gasteiger partial charge >= 0.3 is 12.3 Å². The van der Waals surface area contributed by atoms with Crippen LogP contribution >= 0.6 is 0 Å². The first-order valence-electron chi connectivity index (χ1n) is 8.05. The van der Waals surface area contributed by atoms with E-state index in [-0.39, 0.29) is 18.1 Å². The molecule has 1 aromatic carbocycles. The summed E-state index contributed by atoms with van der Waals surface area (Å²) < 4.78 is 40.2. The van der Waals surface area contributed by atoms with E-state index < -0.39 is 17.7 Å². The molecule has 0 atom stereocenters. The number of carbonyl (C=O) groups is 2. The van der Waals surface area contributed by atoms with Crippen molar-refractivity contribution in [1.82, 2.24) is 5.32 Å². The molecule has 0 radical (unpaired) electrons. The van der Waals surface area contributed by atoms with Crippen molar-refractivity contribution >= 4 is 11.9 Å². The van der Waals surface area contributed by atoms with Gasteiger partial charge in [0, 0.05) is 13.0 Å². The lowest BCUT2D eigenvalue weighted by atomic mass is 9.95.